The molecule has 7 heteroatoms. The molecule has 0 fully saturated rings. The molecule has 0 unspecified atom stereocenters. The minimum absolute atomic E-state index is 0.0592. The number of hydrogen-bond acceptors (Lipinski definition) is 4. The zero-order chi connectivity index (χ0) is 19.9. The fraction of sp³-hybridized carbons (Fsp3) is 0.350. The van der Waals surface area contributed by atoms with Crippen molar-refractivity contribution in [3.8, 4) is 5.75 Å². The third-order valence-corrected chi connectivity index (χ3v) is 5.79. The molecule has 0 heterocycles. The van der Waals surface area contributed by atoms with Gasteiger partial charge >= 0.3 is 0 Å². The smallest absolute Gasteiger partial charge is 0.240 e. The Kier molecular flexibility index (Phi) is 7.38. The van der Waals surface area contributed by atoms with Crippen LogP contribution in [0.15, 0.2) is 47.4 Å². The third-order valence-electron chi connectivity index (χ3n) is 4.33. The fourth-order valence-electron chi connectivity index (χ4n) is 2.49. The first-order valence-corrected chi connectivity index (χ1v) is 10.3. The Bertz CT molecular complexity index is 877. The number of carbonyl (C=O) groups is 1. The van der Waals surface area contributed by atoms with E-state index >= 15 is 0 Å². The number of sulfonamides is 1. The molecule has 0 atom stereocenters. The maximum Gasteiger partial charge on any atom is 0.240 e. The Morgan fingerprint density at radius 1 is 1.00 bits per heavy atom. The summed E-state index contributed by atoms with van der Waals surface area (Å²) >= 11 is 0. The van der Waals surface area contributed by atoms with Gasteiger partial charge in [-0.2, -0.15) is 0 Å². The normalized spacial score (nSPS) is 11.2. The van der Waals surface area contributed by atoms with Crippen molar-refractivity contribution in [3.63, 3.8) is 0 Å². The highest BCUT2D eigenvalue weighted by atomic mass is 32.2. The lowest BCUT2D eigenvalue weighted by atomic mass is 10.1. The van der Waals surface area contributed by atoms with Gasteiger partial charge in [0.1, 0.15) is 5.75 Å². The van der Waals surface area contributed by atoms with Gasteiger partial charge in [-0.15, -0.1) is 0 Å². The Morgan fingerprint density at radius 3 is 2.33 bits per heavy atom. The molecule has 0 spiro atoms. The molecule has 0 aliphatic carbocycles. The van der Waals surface area contributed by atoms with Crippen molar-refractivity contribution in [1.82, 2.24) is 10.0 Å². The van der Waals surface area contributed by atoms with Gasteiger partial charge in [-0.3, -0.25) is 4.79 Å². The molecule has 6 nitrogen and oxygen atoms in total. The van der Waals surface area contributed by atoms with Crippen LogP contribution in [-0.4, -0.2) is 34.5 Å². The van der Waals surface area contributed by atoms with Crippen LogP contribution in [0.5, 0.6) is 5.75 Å². The molecule has 2 rings (SSSR count). The quantitative estimate of drug-likeness (QED) is 0.688. The van der Waals surface area contributed by atoms with Gasteiger partial charge in [0, 0.05) is 19.5 Å². The molecule has 0 aliphatic rings. The van der Waals surface area contributed by atoms with Crippen molar-refractivity contribution in [3.05, 3.63) is 59.2 Å². The molecule has 0 saturated heterocycles. The summed E-state index contributed by atoms with van der Waals surface area (Å²) in [5, 5.41) is 2.80. The summed E-state index contributed by atoms with van der Waals surface area (Å²) in [6, 6.07) is 12.6. The average molecular weight is 391 g/mol. The van der Waals surface area contributed by atoms with Crippen LogP contribution in [-0.2, 0) is 21.2 Å². The minimum Gasteiger partial charge on any atom is -0.497 e. The predicted octanol–water partition coefficient (Wildman–Crippen LogP) is 2.34. The van der Waals surface area contributed by atoms with E-state index in [0.717, 1.165) is 22.4 Å². The minimum atomic E-state index is -3.61. The van der Waals surface area contributed by atoms with Gasteiger partial charge in [-0.1, -0.05) is 18.2 Å². The summed E-state index contributed by atoms with van der Waals surface area (Å²) in [6.07, 6.45) is 0.788. The first-order valence-electron chi connectivity index (χ1n) is 8.78. The highest BCUT2D eigenvalue weighted by Gasteiger charge is 2.14. The van der Waals surface area contributed by atoms with Gasteiger partial charge in [0.05, 0.1) is 12.0 Å². The largest absolute Gasteiger partial charge is 0.497 e. The number of ether oxygens (including phenoxy) is 1. The van der Waals surface area contributed by atoms with Crippen molar-refractivity contribution < 1.29 is 17.9 Å². The van der Waals surface area contributed by atoms with E-state index in [1.165, 1.54) is 0 Å². The number of carbonyl (C=O) groups excluding carboxylic acids is 1. The Morgan fingerprint density at radius 2 is 1.70 bits per heavy atom. The molecule has 0 aromatic heterocycles. The standard InChI is InChI=1S/C20H26N2O4S/c1-15-4-9-19(14-16(15)2)27(24,25)22-13-11-20(23)21-12-10-17-5-7-18(26-3)8-6-17/h4-9,14,22H,10-13H2,1-3H3,(H,21,23). The van der Waals surface area contributed by atoms with E-state index in [9.17, 15) is 13.2 Å². The number of methoxy groups -OCH3 is 1. The first kappa shape index (κ1) is 20.9. The van der Waals surface area contributed by atoms with Gasteiger partial charge in [-0.25, -0.2) is 13.1 Å². The summed E-state index contributed by atoms with van der Waals surface area (Å²) in [5.41, 5.74) is 3.03. The molecule has 2 aromatic rings. The topological polar surface area (TPSA) is 84.5 Å². The van der Waals surface area contributed by atoms with E-state index < -0.39 is 10.0 Å². The lowest BCUT2D eigenvalue weighted by Crippen LogP contribution is -2.31. The number of nitrogens with one attached hydrogen (secondary N) is 2. The summed E-state index contributed by atoms with van der Waals surface area (Å²) < 4.78 is 32.1. The molecule has 0 radical (unpaired) electrons. The SMILES string of the molecule is COc1ccc(CCNC(=O)CCNS(=O)(=O)c2ccc(C)c(C)c2)cc1. The molecule has 0 saturated carbocycles. The third kappa shape index (κ3) is 6.37. The van der Waals surface area contributed by atoms with Crippen LogP contribution in [0.2, 0.25) is 0 Å². The summed E-state index contributed by atoms with van der Waals surface area (Å²) in [6.45, 7) is 4.35. The van der Waals surface area contributed by atoms with Crippen molar-refractivity contribution in [2.75, 3.05) is 20.2 Å². The van der Waals surface area contributed by atoms with E-state index in [1.54, 1.807) is 25.3 Å². The van der Waals surface area contributed by atoms with Gasteiger partial charge in [0.25, 0.3) is 0 Å². The number of hydrogen-bond donors (Lipinski definition) is 2. The number of aryl methyl sites for hydroxylation is 2. The van der Waals surface area contributed by atoms with Crippen molar-refractivity contribution in [2.45, 2.75) is 31.6 Å². The van der Waals surface area contributed by atoms with E-state index in [2.05, 4.69) is 10.0 Å². The lowest BCUT2D eigenvalue weighted by Gasteiger charge is -2.09. The van der Waals surface area contributed by atoms with Crippen LogP contribution in [0.3, 0.4) is 0 Å². The summed E-state index contributed by atoms with van der Waals surface area (Å²) in [4.78, 5) is 12.1. The van der Waals surface area contributed by atoms with Crippen LogP contribution >= 0.6 is 0 Å². The summed E-state index contributed by atoms with van der Waals surface area (Å²) in [7, 11) is -1.99. The van der Waals surface area contributed by atoms with E-state index in [-0.39, 0.29) is 23.8 Å². The molecule has 27 heavy (non-hydrogen) atoms. The molecule has 2 aromatic carbocycles. The Balaban J connectivity index is 1.73. The van der Waals surface area contributed by atoms with Crippen LogP contribution in [0.4, 0.5) is 0 Å². The number of rotatable bonds is 9. The molecular formula is C20H26N2O4S. The fourth-order valence-corrected chi connectivity index (χ4v) is 3.61. The maximum absolute atomic E-state index is 12.3. The van der Waals surface area contributed by atoms with Crippen molar-refractivity contribution in [1.29, 1.82) is 0 Å². The zero-order valence-electron chi connectivity index (χ0n) is 15.9. The van der Waals surface area contributed by atoms with Crippen LogP contribution in [0.25, 0.3) is 0 Å². The highest BCUT2D eigenvalue weighted by Crippen LogP contribution is 2.14. The zero-order valence-corrected chi connectivity index (χ0v) is 16.7. The highest BCUT2D eigenvalue weighted by molar-refractivity contribution is 7.89. The number of amides is 1. The first-order chi connectivity index (χ1) is 12.8. The monoisotopic (exact) mass is 390 g/mol. The lowest BCUT2D eigenvalue weighted by molar-refractivity contribution is -0.120. The van der Waals surface area contributed by atoms with Gasteiger partial charge in [-0.05, 0) is 61.2 Å². The van der Waals surface area contributed by atoms with E-state index in [0.29, 0.717) is 13.0 Å². The Labute approximate surface area is 161 Å². The molecule has 1 amide bonds. The van der Waals surface area contributed by atoms with Crippen LogP contribution < -0.4 is 14.8 Å². The Hall–Kier alpha value is -2.38. The summed E-state index contributed by atoms with van der Waals surface area (Å²) in [5.74, 6) is 0.602. The molecule has 0 bridgehead atoms. The maximum atomic E-state index is 12.3. The van der Waals surface area contributed by atoms with Gasteiger partial charge in [0.15, 0.2) is 0 Å². The van der Waals surface area contributed by atoms with Crippen molar-refractivity contribution >= 4 is 15.9 Å². The second-order valence-electron chi connectivity index (χ2n) is 6.34. The molecule has 146 valence electrons. The molecule has 2 N–H and O–H groups in total. The van der Waals surface area contributed by atoms with Crippen molar-refractivity contribution in [2.24, 2.45) is 0 Å². The van der Waals surface area contributed by atoms with Gasteiger partial charge in [0.2, 0.25) is 15.9 Å². The van der Waals surface area contributed by atoms with Crippen LogP contribution in [0, 0.1) is 13.8 Å². The van der Waals surface area contributed by atoms with E-state index in [4.69, 9.17) is 4.74 Å². The molecule has 0 aliphatic heterocycles. The molecular weight excluding hydrogens is 364 g/mol. The van der Waals surface area contributed by atoms with Gasteiger partial charge < -0.3 is 10.1 Å². The van der Waals surface area contributed by atoms with Crippen LogP contribution in [0.1, 0.15) is 23.1 Å². The number of benzene rings is 2. The second kappa shape index (κ2) is 9.53. The average Bonchev–Trinajstić information content (AvgIpc) is 2.64. The predicted molar refractivity (Wildman–Crippen MR) is 105 cm³/mol. The second-order valence-corrected chi connectivity index (χ2v) is 8.11. The van der Waals surface area contributed by atoms with E-state index in [1.807, 2.05) is 38.1 Å².